The van der Waals surface area contributed by atoms with Crippen molar-refractivity contribution in [2.45, 2.75) is 6.18 Å². The Labute approximate surface area is 87.7 Å². The summed E-state index contributed by atoms with van der Waals surface area (Å²) in [5, 5.41) is 0. The molecule has 6 heteroatoms. The highest BCUT2D eigenvalue weighted by Gasteiger charge is 2.30. The standard InChI is InChI=1S/C7H5BrF3N.ClH/c8-5-3-4(7(9,10)11)1-2-6(5)12;/h1-3H,12H2;1H. The van der Waals surface area contributed by atoms with Crippen LogP contribution < -0.4 is 5.73 Å². The Morgan fingerprint density at radius 1 is 1.23 bits per heavy atom. The largest absolute Gasteiger partial charge is 0.416 e. The van der Waals surface area contributed by atoms with Crippen LogP contribution in [-0.4, -0.2) is 0 Å². The van der Waals surface area contributed by atoms with E-state index in [1.54, 1.807) is 0 Å². The number of benzene rings is 1. The lowest BCUT2D eigenvalue weighted by Crippen LogP contribution is -2.04. The first-order chi connectivity index (χ1) is 5.41. The maximum absolute atomic E-state index is 12.0. The minimum absolute atomic E-state index is 0. The topological polar surface area (TPSA) is 26.0 Å². The van der Waals surface area contributed by atoms with E-state index in [4.69, 9.17) is 5.73 Å². The van der Waals surface area contributed by atoms with E-state index in [-0.39, 0.29) is 16.9 Å². The van der Waals surface area contributed by atoms with Crippen LogP contribution in [0.2, 0.25) is 0 Å². The van der Waals surface area contributed by atoms with E-state index in [0.717, 1.165) is 12.1 Å². The fourth-order valence-corrected chi connectivity index (χ4v) is 1.08. The molecule has 0 aliphatic carbocycles. The summed E-state index contributed by atoms with van der Waals surface area (Å²) in [6.45, 7) is 0. The molecular formula is C7H6BrClF3N. The maximum atomic E-state index is 12.0. The third-order valence-electron chi connectivity index (χ3n) is 1.33. The van der Waals surface area contributed by atoms with Crippen molar-refractivity contribution in [1.29, 1.82) is 0 Å². The number of nitrogen functional groups attached to an aromatic ring is 1. The van der Waals surface area contributed by atoms with Gasteiger partial charge in [-0.25, -0.2) is 0 Å². The average Bonchev–Trinajstić information content (AvgIpc) is 1.92. The van der Waals surface area contributed by atoms with Gasteiger partial charge in [0.1, 0.15) is 0 Å². The second-order valence-electron chi connectivity index (χ2n) is 2.23. The molecular weight excluding hydrogens is 270 g/mol. The SMILES string of the molecule is Cl.Nc1ccc(C(F)(F)F)cc1Br. The van der Waals surface area contributed by atoms with Gasteiger partial charge < -0.3 is 5.73 Å². The van der Waals surface area contributed by atoms with Crippen LogP contribution in [0.15, 0.2) is 22.7 Å². The predicted octanol–water partition coefficient (Wildman–Crippen LogP) is 3.47. The first kappa shape index (κ1) is 12.6. The monoisotopic (exact) mass is 275 g/mol. The number of halogens is 5. The minimum Gasteiger partial charge on any atom is -0.398 e. The summed E-state index contributed by atoms with van der Waals surface area (Å²) < 4.78 is 36.4. The first-order valence-electron chi connectivity index (χ1n) is 3.03. The van der Waals surface area contributed by atoms with Crippen LogP contribution in [0.5, 0.6) is 0 Å². The summed E-state index contributed by atoms with van der Waals surface area (Å²) in [5.74, 6) is 0. The van der Waals surface area contributed by atoms with Crippen molar-refractivity contribution in [1.82, 2.24) is 0 Å². The van der Waals surface area contributed by atoms with Gasteiger partial charge in [0, 0.05) is 10.2 Å². The first-order valence-corrected chi connectivity index (χ1v) is 3.83. The normalized spacial score (nSPS) is 10.8. The molecule has 0 amide bonds. The molecule has 0 saturated heterocycles. The van der Waals surface area contributed by atoms with Crippen LogP contribution in [0.25, 0.3) is 0 Å². The molecule has 0 saturated carbocycles. The van der Waals surface area contributed by atoms with E-state index < -0.39 is 11.7 Å². The van der Waals surface area contributed by atoms with Gasteiger partial charge in [-0.3, -0.25) is 0 Å². The highest BCUT2D eigenvalue weighted by molar-refractivity contribution is 9.10. The van der Waals surface area contributed by atoms with Crippen LogP contribution in [-0.2, 0) is 6.18 Å². The van der Waals surface area contributed by atoms with Crippen molar-refractivity contribution in [3.63, 3.8) is 0 Å². The minimum atomic E-state index is -4.31. The number of alkyl halides is 3. The zero-order chi connectivity index (χ0) is 9.35. The van der Waals surface area contributed by atoms with Gasteiger partial charge in [-0.15, -0.1) is 12.4 Å². The maximum Gasteiger partial charge on any atom is 0.416 e. The molecule has 0 aliphatic rings. The lowest BCUT2D eigenvalue weighted by molar-refractivity contribution is -0.137. The Morgan fingerprint density at radius 2 is 1.77 bits per heavy atom. The smallest absolute Gasteiger partial charge is 0.398 e. The van der Waals surface area contributed by atoms with E-state index in [1.165, 1.54) is 6.07 Å². The predicted molar refractivity (Wildman–Crippen MR) is 50.8 cm³/mol. The number of rotatable bonds is 0. The molecule has 74 valence electrons. The van der Waals surface area contributed by atoms with Gasteiger partial charge in [0.25, 0.3) is 0 Å². The van der Waals surface area contributed by atoms with Crippen molar-refractivity contribution >= 4 is 34.0 Å². The van der Waals surface area contributed by atoms with E-state index in [9.17, 15) is 13.2 Å². The number of nitrogens with two attached hydrogens (primary N) is 1. The molecule has 0 spiro atoms. The number of hydrogen-bond acceptors (Lipinski definition) is 1. The van der Waals surface area contributed by atoms with Gasteiger partial charge in [0.2, 0.25) is 0 Å². The van der Waals surface area contributed by atoms with Crippen LogP contribution in [0.1, 0.15) is 5.56 Å². The van der Waals surface area contributed by atoms with Crippen LogP contribution in [0, 0.1) is 0 Å². The highest BCUT2D eigenvalue weighted by atomic mass is 79.9. The Kier molecular flexibility index (Phi) is 4.06. The molecule has 0 unspecified atom stereocenters. The van der Waals surface area contributed by atoms with Gasteiger partial charge in [0.15, 0.2) is 0 Å². The molecule has 13 heavy (non-hydrogen) atoms. The molecule has 1 aromatic rings. The van der Waals surface area contributed by atoms with Crippen molar-refractivity contribution < 1.29 is 13.2 Å². The molecule has 0 aliphatic heterocycles. The van der Waals surface area contributed by atoms with Crippen molar-refractivity contribution in [3.05, 3.63) is 28.2 Å². The van der Waals surface area contributed by atoms with Gasteiger partial charge in [-0.05, 0) is 34.1 Å². The number of anilines is 1. The molecule has 0 heterocycles. The van der Waals surface area contributed by atoms with E-state index >= 15 is 0 Å². The van der Waals surface area contributed by atoms with Crippen molar-refractivity contribution in [2.24, 2.45) is 0 Å². The van der Waals surface area contributed by atoms with Gasteiger partial charge in [-0.1, -0.05) is 0 Å². The molecule has 1 aromatic carbocycles. The summed E-state index contributed by atoms with van der Waals surface area (Å²) >= 11 is 2.91. The summed E-state index contributed by atoms with van der Waals surface area (Å²) in [6.07, 6.45) is -4.31. The molecule has 0 atom stereocenters. The third-order valence-corrected chi connectivity index (χ3v) is 2.01. The fraction of sp³-hybridized carbons (Fsp3) is 0.143. The van der Waals surface area contributed by atoms with Crippen LogP contribution >= 0.6 is 28.3 Å². The fourth-order valence-electron chi connectivity index (χ4n) is 0.703. The van der Waals surface area contributed by atoms with Gasteiger partial charge in [0.05, 0.1) is 5.56 Å². The summed E-state index contributed by atoms with van der Waals surface area (Å²) in [7, 11) is 0. The molecule has 0 aromatic heterocycles. The van der Waals surface area contributed by atoms with E-state index in [0.29, 0.717) is 5.69 Å². The van der Waals surface area contributed by atoms with E-state index in [1.807, 2.05) is 0 Å². The molecule has 1 nitrogen and oxygen atoms in total. The molecule has 1 rings (SSSR count). The van der Waals surface area contributed by atoms with Crippen LogP contribution in [0.4, 0.5) is 18.9 Å². The van der Waals surface area contributed by atoms with Gasteiger partial charge in [-0.2, -0.15) is 13.2 Å². The second-order valence-corrected chi connectivity index (χ2v) is 3.09. The third kappa shape index (κ3) is 3.08. The summed E-state index contributed by atoms with van der Waals surface area (Å²) in [4.78, 5) is 0. The van der Waals surface area contributed by atoms with E-state index in [2.05, 4.69) is 15.9 Å². The summed E-state index contributed by atoms with van der Waals surface area (Å²) in [6, 6.07) is 3.11. The Bertz CT molecular complexity index is 300. The Balaban J connectivity index is 0.00000144. The van der Waals surface area contributed by atoms with Crippen molar-refractivity contribution in [3.8, 4) is 0 Å². The quantitative estimate of drug-likeness (QED) is 0.721. The highest BCUT2D eigenvalue weighted by Crippen LogP contribution is 2.32. The van der Waals surface area contributed by atoms with Crippen LogP contribution in [0.3, 0.4) is 0 Å². The van der Waals surface area contributed by atoms with Crippen molar-refractivity contribution in [2.75, 3.05) is 5.73 Å². The zero-order valence-corrected chi connectivity index (χ0v) is 8.63. The lowest BCUT2D eigenvalue weighted by Gasteiger charge is -2.07. The second kappa shape index (κ2) is 4.19. The van der Waals surface area contributed by atoms with Gasteiger partial charge >= 0.3 is 6.18 Å². The molecule has 0 fully saturated rings. The zero-order valence-electron chi connectivity index (χ0n) is 6.23. The average molecular weight is 276 g/mol. The summed E-state index contributed by atoms with van der Waals surface area (Å²) in [5.41, 5.74) is 4.91. The lowest BCUT2D eigenvalue weighted by atomic mass is 10.2. The Hall–Kier alpha value is -0.420. The molecule has 0 radical (unpaired) electrons. The number of hydrogen-bond donors (Lipinski definition) is 1. The molecule has 0 bridgehead atoms. The Morgan fingerprint density at radius 3 is 2.15 bits per heavy atom. The molecule has 2 N–H and O–H groups in total.